The molecule has 0 unspecified atom stereocenters. The third-order valence-electron chi connectivity index (χ3n) is 6.42. The van der Waals surface area contributed by atoms with Crippen molar-refractivity contribution in [2.45, 2.75) is 32.5 Å². The minimum atomic E-state index is -0.691. The third kappa shape index (κ3) is 7.85. The van der Waals surface area contributed by atoms with Crippen molar-refractivity contribution in [3.8, 4) is 23.3 Å². The second-order valence-electron chi connectivity index (χ2n) is 11.0. The van der Waals surface area contributed by atoms with Gasteiger partial charge in [0, 0.05) is 35.5 Å². The lowest BCUT2D eigenvalue weighted by molar-refractivity contribution is -0.0225. The summed E-state index contributed by atoms with van der Waals surface area (Å²) in [6, 6.07) is 7.91. The topological polar surface area (TPSA) is 166 Å². The number of benzene rings is 2. The monoisotopic (exact) mass is 632 g/mol. The molecule has 3 heterocycles. The number of carbonyl (C=O) groups excluding carboxylic acids is 1. The minimum Gasteiger partial charge on any atom is -0.493 e. The maximum absolute atomic E-state index is 15.0. The van der Waals surface area contributed by atoms with Gasteiger partial charge in [0.05, 0.1) is 50.9 Å². The van der Waals surface area contributed by atoms with Gasteiger partial charge in [-0.15, -0.1) is 0 Å². The first kappa shape index (κ1) is 31.7. The Kier molecular flexibility index (Phi) is 9.30. The van der Waals surface area contributed by atoms with Crippen LogP contribution in [-0.4, -0.2) is 75.8 Å². The van der Waals surface area contributed by atoms with Gasteiger partial charge in [-0.3, -0.25) is 5.41 Å². The first-order valence-electron chi connectivity index (χ1n) is 14.1. The Morgan fingerprint density at radius 1 is 1.00 bits per heavy atom. The predicted octanol–water partition coefficient (Wildman–Crippen LogP) is 5.30. The summed E-state index contributed by atoms with van der Waals surface area (Å²) in [6.45, 7) is 6.17. The number of ether oxygens (including phenoxy) is 5. The molecule has 2 aromatic carbocycles. The molecule has 14 nitrogen and oxygen atoms in total. The van der Waals surface area contributed by atoms with Crippen LogP contribution >= 0.6 is 0 Å². The number of likely N-dealkylation sites (tertiary alicyclic amines) is 1. The zero-order chi connectivity index (χ0) is 32.8. The minimum absolute atomic E-state index is 0.137. The number of methoxy groups -OCH3 is 2. The average molecular weight is 633 g/mol. The summed E-state index contributed by atoms with van der Waals surface area (Å²) in [5.74, 6) is 0.177. The molecule has 0 radical (unpaired) electrons. The Balaban J connectivity index is 1.23. The number of amides is 1. The van der Waals surface area contributed by atoms with Crippen molar-refractivity contribution < 1.29 is 32.9 Å². The van der Waals surface area contributed by atoms with Gasteiger partial charge in [0.25, 0.3) is 0 Å². The standard InChI is InChI=1S/C31H33FN8O6/c1-31(2,3)46-30(41)40-15-20(16-40)44-26-11-21-23(12-25(26)42-4)37-17-38-28(21)39-18-6-7-24(22(32)10-18)45-27(33)8-9-34-19-13-35-29(43-5)36-14-19/h6-14,17,20,33-34H,15-16H2,1-5H3,(H,37,38,39)/b9-8-,33-27?. The molecule has 0 bridgehead atoms. The summed E-state index contributed by atoms with van der Waals surface area (Å²) in [7, 11) is 2.99. The van der Waals surface area contributed by atoms with Gasteiger partial charge < -0.3 is 39.2 Å². The molecule has 0 spiro atoms. The van der Waals surface area contributed by atoms with E-state index in [1.165, 1.54) is 57.3 Å². The number of hydrogen-bond acceptors (Lipinski definition) is 13. The third-order valence-corrected chi connectivity index (χ3v) is 6.42. The van der Waals surface area contributed by atoms with Crippen LogP contribution in [0.25, 0.3) is 10.9 Å². The molecule has 5 rings (SSSR count). The first-order valence-corrected chi connectivity index (χ1v) is 14.1. The highest BCUT2D eigenvalue weighted by atomic mass is 19.1. The number of rotatable bonds is 10. The molecule has 1 saturated heterocycles. The van der Waals surface area contributed by atoms with Gasteiger partial charge in [-0.2, -0.15) is 0 Å². The summed E-state index contributed by atoms with van der Waals surface area (Å²) in [5, 5.41) is 14.6. The van der Waals surface area contributed by atoms with E-state index in [0.717, 1.165) is 0 Å². The van der Waals surface area contributed by atoms with E-state index in [9.17, 15) is 9.18 Å². The highest BCUT2D eigenvalue weighted by Crippen LogP contribution is 2.36. The molecule has 15 heteroatoms. The van der Waals surface area contributed by atoms with Crippen LogP contribution in [-0.2, 0) is 4.74 Å². The van der Waals surface area contributed by atoms with Crippen LogP contribution in [0, 0.1) is 11.2 Å². The van der Waals surface area contributed by atoms with E-state index >= 15 is 0 Å². The van der Waals surface area contributed by atoms with Crippen molar-refractivity contribution in [2.75, 3.05) is 37.9 Å². The summed E-state index contributed by atoms with van der Waals surface area (Å²) in [4.78, 5) is 30.5. The van der Waals surface area contributed by atoms with Crippen LogP contribution in [0.4, 0.5) is 26.4 Å². The fourth-order valence-corrected chi connectivity index (χ4v) is 4.24. The maximum atomic E-state index is 15.0. The Morgan fingerprint density at radius 2 is 1.76 bits per heavy atom. The van der Waals surface area contributed by atoms with E-state index in [2.05, 4.69) is 30.6 Å². The van der Waals surface area contributed by atoms with E-state index < -0.39 is 17.5 Å². The Morgan fingerprint density at radius 3 is 2.43 bits per heavy atom. The number of nitrogens with one attached hydrogen (secondary N) is 3. The summed E-state index contributed by atoms with van der Waals surface area (Å²) in [6.07, 6.45) is 6.49. The van der Waals surface area contributed by atoms with Gasteiger partial charge >= 0.3 is 12.1 Å². The van der Waals surface area contributed by atoms with Crippen molar-refractivity contribution in [3.05, 3.63) is 67.1 Å². The number of aromatic nitrogens is 4. The zero-order valence-electron chi connectivity index (χ0n) is 25.8. The normalized spacial score (nSPS) is 13.2. The van der Waals surface area contributed by atoms with E-state index in [1.807, 2.05) is 20.8 Å². The van der Waals surface area contributed by atoms with Gasteiger partial charge in [-0.1, -0.05) is 0 Å². The van der Waals surface area contributed by atoms with Crippen LogP contribution in [0.5, 0.6) is 23.3 Å². The first-order chi connectivity index (χ1) is 22.0. The molecule has 0 atom stereocenters. The average Bonchev–Trinajstić information content (AvgIpc) is 2.99. The van der Waals surface area contributed by atoms with Crippen molar-refractivity contribution in [1.82, 2.24) is 24.8 Å². The van der Waals surface area contributed by atoms with Gasteiger partial charge in [-0.05, 0) is 39.0 Å². The summed E-state index contributed by atoms with van der Waals surface area (Å²) >= 11 is 0. The highest BCUT2D eigenvalue weighted by Gasteiger charge is 2.35. The summed E-state index contributed by atoms with van der Waals surface area (Å²) < 4.78 is 42.3. The molecule has 1 aliphatic rings. The lowest BCUT2D eigenvalue weighted by atomic mass is 10.1. The largest absolute Gasteiger partial charge is 0.493 e. The van der Waals surface area contributed by atoms with Crippen molar-refractivity contribution in [1.29, 1.82) is 5.41 Å². The van der Waals surface area contributed by atoms with Gasteiger partial charge in [0.15, 0.2) is 23.1 Å². The van der Waals surface area contributed by atoms with Crippen LogP contribution in [0.15, 0.2) is 61.3 Å². The van der Waals surface area contributed by atoms with Crippen LogP contribution in [0.3, 0.4) is 0 Å². The molecule has 2 aromatic heterocycles. The molecule has 1 aliphatic heterocycles. The fraction of sp³-hybridized carbons (Fsp3) is 0.290. The maximum Gasteiger partial charge on any atom is 0.410 e. The summed E-state index contributed by atoms with van der Waals surface area (Å²) in [5.41, 5.74) is 0.936. The van der Waals surface area contributed by atoms with Crippen molar-refractivity contribution in [3.63, 3.8) is 0 Å². The predicted molar refractivity (Wildman–Crippen MR) is 168 cm³/mol. The van der Waals surface area contributed by atoms with Crippen LogP contribution in [0.1, 0.15) is 20.8 Å². The lowest BCUT2D eigenvalue weighted by Crippen LogP contribution is -2.57. The molecule has 1 amide bonds. The molecule has 0 saturated carbocycles. The van der Waals surface area contributed by atoms with Crippen molar-refractivity contribution in [2.24, 2.45) is 0 Å². The number of anilines is 3. The smallest absolute Gasteiger partial charge is 0.410 e. The Labute approximate surface area is 264 Å². The Hall–Kier alpha value is -5.73. The number of hydrogen-bond donors (Lipinski definition) is 3. The van der Waals surface area contributed by atoms with E-state index in [-0.39, 0.29) is 23.8 Å². The van der Waals surface area contributed by atoms with Gasteiger partial charge in [0.1, 0.15) is 23.9 Å². The molecule has 1 fully saturated rings. The molecule has 240 valence electrons. The number of carbonyl (C=O) groups is 1. The second-order valence-corrected chi connectivity index (χ2v) is 11.0. The second kappa shape index (κ2) is 13.5. The highest BCUT2D eigenvalue weighted by molar-refractivity contribution is 5.93. The van der Waals surface area contributed by atoms with E-state index in [4.69, 9.17) is 29.1 Å². The quantitative estimate of drug-likeness (QED) is 0.153. The molecular weight excluding hydrogens is 599 g/mol. The molecule has 3 N–H and O–H groups in total. The molecular formula is C31H33FN8O6. The number of halogens is 1. The van der Waals surface area contributed by atoms with Crippen LogP contribution < -0.4 is 29.6 Å². The SMILES string of the molecule is COc1ncc(N/C=C\C(=N)Oc2ccc(Nc3ncnc4cc(OC)c(OC5CN(C(=O)OC(C)(C)C)C5)cc34)cc2F)cn1. The van der Waals surface area contributed by atoms with Crippen LogP contribution in [0.2, 0.25) is 0 Å². The van der Waals surface area contributed by atoms with E-state index in [1.54, 1.807) is 23.1 Å². The van der Waals surface area contributed by atoms with E-state index in [0.29, 0.717) is 52.7 Å². The lowest BCUT2D eigenvalue weighted by Gasteiger charge is -2.39. The van der Waals surface area contributed by atoms with Gasteiger partial charge in [0.2, 0.25) is 5.90 Å². The molecule has 4 aromatic rings. The number of fused-ring (bicyclic) bond motifs is 1. The molecule has 0 aliphatic carbocycles. The fourth-order valence-electron chi connectivity index (χ4n) is 4.24. The molecule has 46 heavy (non-hydrogen) atoms. The Bertz CT molecular complexity index is 1760. The zero-order valence-corrected chi connectivity index (χ0v) is 25.8. The van der Waals surface area contributed by atoms with Gasteiger partial charge in [-0.25, -0.2) is 29.1 Å². The van der Waals surface area contributed by atoms with Crippen molar-refractivity contribution >= 4 is 40.1 Å². The number of nitrogens with zero attached hydrogens (tertiary/aromatic N) is 5.